The van der Waals surface area contributed by atoms with Gasteiger partial charge in [-0.05, 0) is 6.92 Å². The molecule has 0 bridgehead atoms. The summed E-state index contributed by atoms with van der Waals surface area (Å²) in [6, 6.07) is 10.3. The molecule has 0 atom stereocenters. The maximum atomic E-state index is 8.44. The fourth-order valence-electron chi connectivity index (χ4n) is 0.534. The van der Waals surface area contributed by atoms with Crippen LogP contribution in [0.5, 0.6) is 0 Å². The second-order valence-corrected chi connectivity index (χ2v) is 2.27. The molecule has 0 amide bonds. The predicted molar refractivity (Wildman–Crippen MR) is 66.2 cm³/mol. The van der Waals surface area contributed by atoms with Crippen LogP contribution in [0.15, 0.2) is 30.3 Å². The van der Waals surface area contributed by atoms with Gasteiger partial charge < -0.3 is 47.4 Å². The average Bonchev–Trinajstić information content (AvgIpc) is 1.87. The molecule has 0 aliphatic rings. The molecule has 0 aliphatic carbocycles. The minimum atomic E-state index is -3.11. The third-order valence-corrected chi connectivity index (χ3v) is 0.940. The van der Waals surface area contributed by atoms with Crippen LogP contribution in [0.1, 0.15) is 5.56 Å². The van der Waals surface area contributed by atoms with E-state index in [-0.39, 0.29) is 97.4 Å². The minimum absolute atomic E-state index is 0. The van der Waals surface area contributed by atoms with Crippen LogP contribution in [-0.4, -0.2) is 51.6 Å². The third kappa shape index (κ3) is 76.0. The first kappa shape index (κ1) is 69.4. The van der Waals surface area contributed by atoms with E-state index in [4.69, 9.17) is 13.3 Å². The van der Waals surface area contributed by atoms with Crippen molar-refractivity contribution in [2.75, 3.05) is 0 Å². The molecule has 0 spiro atoms. The van der Waals surface area contributed by atoms with Gasteiger partial charge in [-0.1, -0.05) is 35.9 Å². The molecule has 0 aliphatic heterocycles. The SMILES string of the molecule is Cc1ccccc1.O.O.O.O.O.O.O.O=S([O-])[O-].[Na+].[Na+]. The van der Waals surface area contributed by atoms with Crippen molar-refractivity contribution in [2.24, 2.45) is 0 Å². The van der Waals surface area contributed by atoms with Crippen molar-refractivity contribution in [3.8, 4) is 0 Å². The molecule has 118 valence electrons. The molecule has 0 saturated carbocycles. The topological polar surface area (TPSA) is 284 Å². The van der Waals surface area contributed by atoms with Crippen LogP contribution < -0.4 is 59.1 Å². The molecule has 0 aromatic heterocycles. The Kier molecular flexibility index (Phi) is 174. The summed E-state index contributed by atoms with van der Waals surface area (Å²) in [7, 11) is 0. The number of benzene rings is 1. The van der Waals surface area contributed by atoms with E-state index in [9.17, 15) is 0 Å². The molecule has 0 fully saturated rings. The minimum Gasteiger partial charge on any atom is -0.784 e. The third-order valence-electron chi connectivity index (χ3n) is 0.940. The molecule has 0 radical (unpaired) electrons. The van der Waals surface area contributed by atoms with Crippen LogP contribution in [-0.2, 0) is 11.4 Å². The predicted octanol–water partition coefficient (Wildman–Crippen LogP) is -10.8. The van der Waals surface area contributed by atoms with Crippen LogP contribution >= 0.6 is 0 Å². The molecule has 20 heavy (non-hydrogen) atoms. The monoisotopic (exact) mass is 344 g/mol. The number of hydrogen-bond acceptors (Lipinski definition) is 3. The second kappa shape index (κ2) is 50.1. The van der Waals surface area contributed by atoms with Gasteiger partial charge in [0.25, 0.3) is 0 Å². The first-order valence-corrected chi connectivity index (χ1v) is 3.91. The van der Waals surface area contributed by atoms with E-state index in [0.717, 1.165) is 0 Å². The van der Waals surface area contributed by atoms with Crippen molar-refractivity contribution in [2.45, 2.75) is 6.92 Å². The van der Waals surface area contributed by atoms with Gasteiger partial charge in [-0.25, -0.2) is 0 Å². The number of aryl methyl sites for hydroxylation is 1. The van der Waals surface area contributed by atoms with Crippen molar-refractivity contribution >= 4 is 11.4 Å². The summed E-state index contributed by atoms with van der Waals surface area (Å²) >= 11 is -3.11. The molecular weight excluding hydrogens is 322 g/mol. The number of rotatable bonds is 0. The standard InChI is InChI=1S/C7H8.2Na.H2O3S.7H2O/c1-7-5-3-2-4-6-7;;;1-4(2)3;;;;;;;/h2-6H,1H3;;;(H2,1,2,3);7*1H2/q;2*+1;;;;;;;;/p-2. The van der Waals surface area contributed by atoms with Gasteiger partial charge in [-0.2, -0.15) is 0 Å². The zero-order valence-corrected chi connectivity index (χ0v) is 16.3. The fourth-order valence-corrected chi connectivity index (χ4v) is 0.534. The van der Waals surface area contributed by atoms with Crippen LogP contribution in [0.2, 0.25) is 0 Å². The molecule has 1 aromatic rings. The zero-order chi connectivity index (χ0) is 8.69. The van der Waals surface area contributed by atoms with Crippen LogP contribution in [0.25, 0.3) is 0 Å². The van der Waals surface area contributed by atoms with Gasteiger partial charge in [0.15, 0.2) is 0 Å². The van der Waals surface area contributed by atoms with Crippen LogP contribution in [0.4, 0.5) is 0 Å². The van der Waals surface area contributed by atoms with Gasteiger partial charge in [0.05, 0.1) is 0 Å². The van der Waals surface area contributed by atoms with Gasteiger partial charge >= 0.3 is 59.1 Å². The molecule has 0 saturated heterocycles. The summed E-state index contributed by atoms with van der Waals surface area (Å²) in [5.41, 5.74) is 1.32. The van der Waals surface area contributed by atoms with Crippen molar-refractivity contribution < 1.29 is 111 Å². The van der Waals surface area contributed by atoms with E-state index < -0.39 is 11.4 Å². The molecule has 14 N–H and O–H groups in total. The largest absolute Gasteiger partial charge is 1.00 e. The van der Waals surface area contributed by atoms with E-state index in [1.807, 2.05) is 18.2 Å². The summed E-state index contributed by atoms with van der Waals surface area (Å²) in [6.45, 7) is 2.08. The Morgan fingerprint density at radius 2 is 0.950 bits per heavy atom. The van der Waals surface area contributed by atoms with Gasteiger partial charge in [-0.15, -0.1) is 11.4 Å². The van der Waals surface area contributed by atoms with E-state index in [0.29, 0.717) is 0 Å². The smallest absolute Gasteiger partial charge is 0.784 e. The Labute approximate surface area is 163 Å². The maximum absolute atomic E-state index is 8.44. The van der Waals surface area contributed by atoms with Crippen molar-refractivity contribution in [1.82, 2.24) is 0 Å². The first-order chi connectivity index (χ1) is 5.13. The van der Waals surface area contributed by atoms with Gasteiger partial charge in [-0.3, -0.25) is 4.21 Å². The van der Waals surface area contributed by atoms with E-state index >= 15 is 0 Å². The molecule has 10 nitrogen and oxygen atoms in total. The Hall–Kier alpha value is 1.01. The van der Waals surface area contributed by atoms with E-state index in [1.54, 1.807) is 0 Å². The molecule has 13 heteroatoms. The van der Waals surface area contributed by atoms with Crippen LogP contribution in [0, 0.1) is 6.92 Å². The molecule has 0 unspecified atom stereocenters. The zero-order valence-electron chi connectivity index (χ0n) is 11.5. The fraction of sp³-hybridized carbons (Fsp3) is 0.143. The Morgan fingerprint density at radius 3 is 1.05 bits per heavy atom. The summed E-state index contributed by atoms with van der Waals surface area (Å²) in [6.07, 6.45) is 0. The molecular formula is C7H22Na2O10S. The average molecular weight is 344 g/mol. The first-order valence-electron chi connectivity index (χ1n) is 2.91. The summed E-state index contributed by atoms with van der Waals surface area (Å²) in [5.74, 6) is 0. The summed E-state index contributed by atoms with van der Waals surface area (Å²) in [4.78, 5) is 0. The van der Waals surface area contributed by atoms with Crippen LogP contribution in [0.3, 0.4) is 0 Å². The van der Waals surface area contributed by atoms with Gasteiger partial charge in [0, 0.05) is 0 Å². The number of hydrogen-bond donors (Lipinski definition) is 0. The molecule has 1 aromatic carbocycles. The van der Waals surface area contributed by atoms with Crippen molar-refractivity contribution in [3.63, 3.8) is 0 Å². The Morgan fingerprint density at radius 1 is 0.750 bits per heavy atom. The maximum Gasteiger partial charge on any atom is 1.00 e. The van der Waals surface area contributed by atoms with Gasteiger partial charge in [0.1, 0.15) is 0 Å². The Balaban J connectivity index is -0.00000000907. The van der Waals surface area contributed by atoms with Gasteiger partial charge in [0.2, 0.25) is 0 Å². The summed E-state index contributed by atoms with van der Waals surface area (Å²) < 4.78 is 25.3. The molecule has 1 rings (SSSR count). The summed E-state index contributed by atoms with van der Waals surface area (Å²) in [5, 5.41) is 0. The normalized spacial score (nSPS) is 4.80. The second-order valence-electron chi connectivity index (χ2n) is 1.86. The van der Waals surface area contributed by atoms with E-state index in [2.05, 4.69) is 19.1 Å². The van der Waals surface area contributed by atoms with E-state index in [1.165, 1.54) is 5.56 Å². The quantitative estimate of drug-likeness (QED) is 0.327. The van der Waals surface area contributed by atoms with Crippen molar-refractivity contribution in [1.29, 1.82) is 0 Å². The Bertz CT molecular complexity index is 224. The molecule has 0 heterocycles. The van der Waals surface area contributed by atoms with Crippen molar-refractivity contribution in [3.05, 3.63) is 35.9 Å².